The van der Waals surface area contributed by atoms with Crippen molar-refractivity contribution in [3.8, 4) is 0 Å². The van der Waals surface area contributed by atoms with Crippen LogP contribution in [0.3, 0.4) is 0 Å². The molecule has 0 saturated carbocycles. The van der Waals surface area contributed by atoms with Gasteiger partial charge in [-0.15, -0.1) is 0 Å². The highest BCUT2D eigenvalue weighted by atomic mass is 16.4. The summed E-state index contributed by atoms with van der Waals surface area (Å²) in [7, 11) is 0. The van der Waals surface area contributed by atoms with Gasteiger partial charge in [0.15, 0.2) is 0 Å². The predicted molar refractivity (Wildman–Crippen MR) is 69.2 cm³/mol. The van der Waals surface area contributed by atoms with Crippen LogP contribution in [0.5, 0.6) is 0 Å². The third-order valence-corrected chi connectivity index (χ3v) is 2.60. The summed E-state index contributed by atoms with van der Waals surface area (Å²) < 4.78 is 0. The fourth-order valence-corrected chi connectivity index (χ4v) is 1.41. The van der Waals surface area contributed by atoms with E-state index in [9.17, 15) is 9.59 Å². The molecular formula is C13H18N2O3. The quantitative estimate of drug-likeness (QED) is 0.733. The number of nitrogens with two attached hydrogens (primary N) is 1. The van der Waals surface area contributed by atoms with Crippen molar-refractivity contribution in [1.82, 2.24) is 0 Å². The smallest absolute Gasteiger partial charge is 0.307 e. The number of amides is 1. The molecule has 0 aromatic heterocycles. The maximum atomic E-state index is 11.7. The summed E-state index contributed by atoms with van der Waals surface area (Å²) in [4.78, 5) is 22.2. The zero-order valence-corrected chi connectivity index (χ0v) is 10.5. The van der Waals surface area contributed by atoms with Gasteiger partial charge < -0.3 is 16.2 Å². The van der Waals surface area contributed by atoms with Crippen LogP contribution in [0.1, 0.15) is 19.4 Å². The lowest BCUT2D eigenvalue weighted by molar-refractivity contribution is -0.136. The fraction of sp³-hybridized carbons (Fsp3) is 0.385. The molecule has 0 unspecified atom stereocenters. The van der Waals surface area contributed by atoms with E-state index in [1.54, 1.807) is 24.3 Å². The summed E-state index contributed by atoms with van der Waals surface area (Å²) in [6.07, 6.45) is -0.0280. The van der Waals surface area contributed by atoms with Gasteiger partial charge in [0, 0.05) is 5.69 Å². The lowest BCUT2D eigenvalue weighted by Gasteiger charge is -2.15. The zero-order valence-electron chi connectivity index (χ0n) is 10.5. The van der Waals surface area contributed by atoms with E-state index in [1.807, 2.05) is 13.8 Å². The average molecular weight is 250 g/mol. The molecule has 5 heteroatoms. The van der Waals surface area contributed by atoms with Crippen molar-refractivity contribution in [2.75, 3.05) is 5.32 Å². The van der Waals surface area contributed by atoms with Crippen molar-refractivity contribution in [1.29, 1.82) is 0 Å². The summed E-state index contributed by atoms with van der Waals surface area (Å²) in [5.41, 5.74) is 7.02. The maximum absolute atomic E-state index is 11.7. The Bertz CT molecular complexity index is 426. The number of hydrogen-bond acceptors (Lipinski definition) is 3. The van der Waals surface area contributed by atoms with Gasteiger partial charge in [-0.25, -0.2) is 0 Å². The van der Waals surface area contributed by atoms with Gasteiger partial charge in [0.1, 0.15) is 0 Å². The van der Waals surface area contributed by atoms with Crippen LogP contribution in [0.4, 0.5) is 5.69 Å². The Hall–Kier alpha value is -1.88. The summed E-state index contributed by atoms with van der Waals surface area (Å²) >= 11 is 0. The van der Waals surface area contributed by atoms with E-state index in [4.69, 9.17) is 10.8 Å². The topological polar surface area (TPSA) is 92.4 Å². The number of carbonyl (C=O) groups excluding carboxylic acids is 1. The Morgan fingerprint density at radius 1 is 1.28 bits per heavy atom. The lowest BCUT2D eigenvalue weighted by atomic mass is 10.0. The van der Waals surface area contributed by atoms with E-state index in [2.05, 4.69) is 5.32 Å². The lowest BCUT2D eigenvalue weighted by Crippen LogP contribution is -2.39. The standard InChI is InChI=1S/C13H18N2O3/c1-8(2)12(14)13(18)15-10-5-3-9(4-6-10)7-11(16)17/h3-6,8,12H,7,14H2,1-2H3,(H,15,18)(H,16,17)/t12-/m0/s1. The second-order valence-corrected chi connectivity index (χ2v) is 4.53. The van der Waals surface area contributed by atoms with Gasteiger partial charge in [-0.2, -0.15) is 0 Å². The first-order chi connectivity index (χ1) is 8.40. The summed E-state index contributed by atoms with van der Waals surface area (Å²) in [6.45, 7) is 3.75. The molecule has 18 heavy (non-hydrogen) atoms. The van der Waals surface area contributed by atoms with Gasteiger partial charge in [0.05, 0.1) is 12.5 Å². The zero-order chi connectivity index (χ0) is 13.7. The van der Waals surface area contributed by atoms with Crippen LogP contribution in [0.2, 0.25) is 0 Å². The van der Waals surface area contributed by atoms with E-state index >= 15 is 0 Å². The van der Waals surface area contributed by atoms with E-state index in [0.717, 1.165) is 0 Å². The van der Waals surface area contributed by atoms with Crippen molar-refractivity contribution in [3.05, 3.63) is 29.8 Å². The molecule has 1 rings (SSSR count). The molecule has 0 saturated heterocycles. The summed E-state index contributed by atoms with van der Waals surface area (Å²) in [5.74, 6) is -1.05. The molecule has 0 spiro atoms. The monoisotopic (exact) mass is 250 g/mol. The fourth-order valence-electron chi connectivity index (χ4n) is 1.41. The molecule has 1 amide bonds. The molecule has 0 radical (unpaired) electrons. The first-order valence-electron chi connectivity index (χ1n) is 5.77. The van der Waals surface area contributed by atoms with Crippen molar-refractivity contribution in [2.45, 2.75) is 26.3 Å². The normalized spacial score (nSPS) is 12.2. The molecular weight excluding hydrogens is 232 g/mol. The molecule has 98 valence electrons. The molecule has 1 atom stereocenters. The number of carboxylic acids is 1. The molecule has 0 aliphatic heterocycles. The highest BCUT2D eigenvalue weighted by molar-refractivity contribution is 5.94. The number of rotatable bonds is 5. The molecule has 0 aliphatic rings. The van der Waals surface area contributed by atoms with E-state index < -0.39 is 12.0 Å². The molecule has 5 nitrogen and oxygen atoms in total. The van der Waals surface area contributed by atoms with Crippen molar-refractivity contribution < 1.29 is 14.7 Å². The molecule has 1 aromatic carbocycles. The number of carbonyl (C=O) groups is 2. The SMILES string of the molecule is CC(C)[C@H](N)C(=O)Nc1ccc(CC(=O)O)cc1. The largest absolute Gasteiger partial charge is 0.481 e. The van der Waals surface area contributed by atoms with Crippen LogP contribution in [0.25, 0.3) is 0 Å². The van der Waals surface area contributed by atoms with Gasteiger partial charge in [0.25, 0.3) is 0 Å². The number of nitrogens with one attached hydrogen (secondary N) is 1. The van der Waals surface area contributed by atoms with Crippen molar-refractivity contribution >= 4 is 17.6 Å². The van der Waals surface area contributed by atoms with Crippen LogP contribution in [-0.4, -0.2) is 23.0 Å². The van der Waals surface area contributed by atoms with Gasteiger partial charge in [-0.3, -0.25) is 9.59 Å². The molecule has 1 aromatic rings. The van der Waals surface area contributed by atoms with Crippen LogP contribution in [0.15, 0.2) is 24.3 Å². The Labute approximate surface area is 106 Å². The van der Waals surface area contributed by atoms with Crippen LogP contribution in [0, 0.1) is 5.92 Å². The number of aliphatic carboxylic acids is 1. The highest BCUT2D eigenvalue weighted by Crippen LogP contribution is 2.11. The average Bonchev–Trinajstić information content (AvgIpc) is 2.29. The number of hydrogen-bond donors (Lipinski definition) is 3. The highest BCUT2D eigenvalue weighted by Gasteiger charge is 2.16. The molecule has 0 heterocycles. The summed E-state index contributed by atoms with van der Waals surface area (Å²) in [6, 6.07) is 6.13. The maximum Gasteiger partial charge on any atom is 0.307 e. The van der Waals surface area contributed by atoms with Crippen molar-refractivity contribution in [3.63, 3.8) is 0 Å². The Morgan fingerprint density at radius 3 is 2.28 bits per heavy atom. The minimum absolute atomic E-state index is 0.0280. The van der Waals surface area contributed by atoms with Crippen LogP contribution in [-0.2, 0) is 16.0 Å². The van der Waals surface area contributed by atoms with Crippen LogP contribution < -0.4 is 11.1 Å². The van der Waals surface area contributed by atoms with Crippen LogP contribution >= 0.6 is 0 Å². The molecule has 0 fully saturated rings. The minimum atomic E-state index is -0.881. The Balaban J connectivity index is 2.63. The minimum Gasteiger partial charge on any atom is -0.481 e. The molecule has 0 aliphatic carbocycles. The first-order valence-corrected chi connectivity index (χ1v) is 5.77. The van der Waals surface area contributed by atoms with E-state index in [-0.39, 0.29) is 18.2 Å². The Morgan fingerprint density at radius 2 is 1.83 bits per heavy atom. The number of carboxylic acid groups (broad SMARTS) is 1. The first kappa shape index (κ1) is 14.2. The third-order valence-electron chi connectivity index (χ3n) is 2.60. The molecule has 0 bridgehead atoms. The summed E-state index contributed by atoms with van der Waals surface area (Å²) in [5, 5.41) is 11.3. The van der Waals surface area contributed by atoms with Gasteiger partial charge >= 0.3 is 5.97 Å². The second kappa shape index (κ2) is 6.16. The third kappa shape index (κ3) is 4.18. The van der Waals surface area contributed by atoms with E-state index in [0.29, 0.717) is 11.3 Å². The van der Waals surface area contributed by atoms with E-state index in [1.165, 1.54) is 0 Å². The number of benzene rings is 1. The Kier molecular flexibility index (Phi) is 4.85. The number of anilines is 1. The van der Waals surface area contributed by atoms with Gasteiger partial charge in [0.2, 0.25) is 5.91 Å². The van der Waals surface area contributed by atoms with Gasteiger partial charge in [-0.1, -0.05) is 26.0 Å². The van der Waals surface area contributed by atoms with Crippen molar-refractivity contribution in [2.24, 2.45) is 11.7 Å². The van der Waals surface area contributed by atoms with Gasteiger partial charge in [-0.05, 0) is 23.6 Å². The molecule has 4 N–H and O–H groups in total. The second-order valence-electron chi connectivity index (χ2n) is 4.53. The predicted octanol–water partition coefficient (Wildman–Crippen LogP) is 1.24.